The summed E-state index contributed by atoms with van der Waals surface area (Å²) in [4.78, 5) is 0. The van der Waals surface area contributed by atoms with E-state index in [2.05, 4.69) is 26.1 Å². The van der Waals surface area contributed by atoms with Crippen LogP contribution < -0.4 is 4.74 Å². The van der Waals surface area contributed by atoms with Crippen molar-refractivity contribution in [2.24, 2.45) is 0 Å². The van der Waals surface area contributed by atoms with E-state index in [-0.39, 0.29) is 0 Å². The molecule has 0 fully saturated rings. The Bertz CT molecular complexity index is 734. The molecule has 22 heavy (non-hydrogen) atoms. The van der Waals surface area contributed by atoms with E-state index in [0.717, 1.165) is 21.5 Å². The summed E-state index contributed by atoms with van der Waals surface area (Å²) >= 11 is 4.91. The molecule has 0 bridgehead atoms. The zero-order chi connectivity index (χ0) is 15.2. The Balaban J connectivity index is 1.52. The number of hydrogen-bond acceptors (Lipinski definition) is 5. The van der Waals surface area contributed by atoms with Crippen LogP contribution in [0.1, 0.15) is 0 Å². The standard InChI is InChI=1S/C16H13BrN2O2S/c17-13-6-4-5-12(11-13)15-18-19-16(21-15)22-10-9-20-14-7-2-1-3-8-14/h1-8,11H,9-10H2. The van der Waals surface area contributed by atoms with E-state index < -0.39 is 0 Å². The zero-order valence-electron chi connectivity index (χ0n) is 11.6. The predicted molar refractivity (Wildman–Crippen MR) is 90.1 cm³/mol. The minimum absolute atomic E-state index is 0.521. The third-order valence-electron chi connectivity index (χ3n) is 2.80. The summed E-state index contributed by atoms with van der Waals surface area (Å²) in [6.45, 7) is 0.587. The average Bonchev–Trinajstić information content (AvgIpc) is 3.02. The fraction of sp³-hybridized carbons (Fsp3) is 0.125. The van der Waals surface area contributed by atoms with Crippen LogP contribution in [0.5, 0.6) is 5.75 Å². The van der Waals surface area contributed by atoms with Crippen LogP contribution in [0, 0.1) is 0 Å². The molecule has 0 radical (unpaired) electrons. The van der Waals surface area contributed by atoms with Gasteiger partial charge in [-0.15, -0.1) is 10.2 Å². The summed E-state index contributed by atoms with van der Waals surface area (Å²) in [5.74, 6) is 2.13. The molecule has 3 rings (SSSR count). The lowest BCUT2D eigenvalue weighted by atomic mass is 10.2. The van der Waals surface area contributed by atoms with E-state index >= 15 is 0 Å². The third-order valence-corrected chi connectivity index (χ3v) is 4.07. The number of thioether (sulfide) groups is 1. The smallest absolute Gasteiger partial charge is 0.276 e. The van der Waals surface area contributed by atoms with Crippen molar-refractivity contribution >= 4 is 27.7 Å². The molecule has 0 amide bonds. The summed E-state index contributed by atoms with van der Waals surface area (Å²) in [6, 6.07) is 17.5. The van der Waals surface area contributed by atoms with Crippen molar-refractivity contribution in [1.29, 1.82) is 0 Å². The minimum Gasteiger partial charge on any atom is -0.493 e. The molecule has 0 aliphatic carbocycles. The maximum absolute atomic E-state index is 5.64. The Morgan fingerprint density at radius 3 is 2.73 bits per heavy atom. The van der Waals surface area contributed by atoms with Crippen LogP contribution in [-0.2, 0) is 0 Å². The van der Waals surface area contributed by atoms with E-state index in [1.807, 2.05) is 54.6 Å². The molecule has 4 nitrogen and oxygen atoms in total. The third kappa shape index (κ3) is 4.11. The summed E-state index contributed by atoms with van der Waals surface area (Å²) in [5.41, 5.74) is 0.897. The van der Waals surface area contributed by atoms with Gasteiger partial charge in [0.15, 0.2) is 0 Å². The highest BCUT2D eigenvalue weighted by atomic mass is 79.9. The second kappa shape index (κ2) is 7.47. The van der Waals surface area contributed by atoms with E-state index in [0.29, 0.717) is 17.7 Å². The van der Waals surface area contributed by atoms with Gasteiger partial charge in [-0.05, 0) is 30.3 Å². The number of rotatable bonds is 6. The Morgan fingerprint density at radius 2 is 1.91 bits per heavy atom. The lowest BCUT2D eigenvalue weighted by Crippen LogP contribution is -1.99. The molecule has 2 aromatic carbocycles. The van der Waals surface area contributed by atoms with Gasteiger partial charge < -0.3 is 9.15 Å². The van der Waals surface area contributed by atoms with Gasteiger partial charge in [0.1, 0.15) is 5.75 Å². The first-order valence-corrected chi connectivity index (χ1v) is 8.49. The van der Waals surface area contributed by atoms with Gasteiger partial charge in [0.2, 0.25) is 5.89 Å². The second-order valence-electron chi connectivity index (χ2n) is 4.39. The molecule has 6 heteroatoms. The normalized spacial score (nSPS) is 10.6. The Kier molecular flexibility index (Phi) is 5.13. The first-order valence-electron chi connectivity index (χ1n) is 6.71. The lowest BCUT2D eigenvalue weighted by molar-refractivity contribution is 0.343. The van der Waals surface area contributed by atoms with Crippen molar-refractivity contribution in [2.75, 3.05) is 12.4 Å². The van der Waals surface area contributed by atoms with Gasteiger partial charge in [-0.25, -0.2) is 0 Å². The van der Waals surface area contributed by atoms with Crippen LogP contribution >= 0.6 is 27.7 Å². The summed E-state index contributed by atoms with van der Waals surface area (Å²) in [6.07, 6.45) is 0. The van der Waals surface area contributed by atoms with Crippen molar-refractivity contribution in [3.63, 3.8) is 0 Å². The molecule has 0 saturated carbocycles. The maximum Gasteiger partial charge on any atom is 0.276 e. The van der Waals surface area contributed by atoms with Crippen LogP contribution in [-0.4, -0.2) is 22.6 Å². The molecule has 0 N–H and O–H groups in total. The van der Waals surface area contributed by atoms with Crippen molar-refractivity contribution in [3.05, 3.63) is 59.1 Å². The number of aromatic nitrogens is 2. The van der Waals surface area contributed by atoms with Crippen molar-refractivity contribution in [3.8, 4) is 17.2 Å². The van der Waals surface area contributed by atoms with Gasteiger partial charge in [-0.1, -0.05) is 52.0 Å². The number of nitrogens with zero attached hydrogens (tertiary/aromatic N) is 2. The van der Waals surface area contributed by atoms with Gasteiger partial charge in [0.05, 0.1) is 6.61 Å². The molecule has 0 aliphatic rings. The molecule has 1 aromatic heterocycles. The number of benzene rings is 2. The monoisotopic (exact) mass is 376 g/mol. The first-order chi connectivity index (χ1) is 10.8. The molecule has 0 atom stereocenters. The molecular weight excluding hydrogens is 364 g/mol. The predicted octanol–water partition coefficient (Wildman–Crippen LogP) is 4.67. The van der Waals surface area contributed by atoms with Crippen LogP contribution in [0.15, 0.2) is 68.7 Å². The van der Waals surface area contributed by atoms with E-state index in [1.165, 1.54) is 11.8 Å². The molecule has 3 aromatic rings. The van der Waals surface area contributed by atoms with Crippen LogP contribution in [0.3, 0.4) is 0 Å². The van der Waals surface area contributed by atoms with Crippen molar-refractivity contribution in [2.45, 2.75) is 5.22 Å². The first kappa shape index (κ1) is 15.1. The quantitative estimate of drug-likeness (QED) is 0.462. The fourth-order valence-electron chi connectivity index (χ4n) is 1.81. The largest absolute Gasteiger partial charge is 0.493 e. The second-order valence-corrected chi connectivity index (χ2v) is 6.36. The van der Waals surface area contributed by atoms with Gasteiger partial charge >= 0.3 is 0 Å². The van der Waals surface area contributed by atoms with E-state index in [4.69, 9.17) is 9.15 Å². The number of ether oxygens (including phenoxy) is 1. The van der Waals surface area contributed by atoms with Gasteiger partial charge in [0, 0.05) is 15.8 Å². The topological polar surface area (TPSA) is 48.2 Å². The number of para-hydroxylation sites is 1. The summed E-state index contributed by atoms with van der Waals surface area (Å²) in [7, 11) is 0. The van der Waals surface area contributed by atoms with Gasteiger partial charge in [-0.3, -0.25) is 0 Å². The molecule has 0 saturated heterocycles. The molecule has 112 valence electrons. The highest BCUT2D eigenvalue weighted by molar-refractivity contribution is 9.10. The van der Waals surface area contributed by atoms with Gasteiger partial charge in [-0.2, -0.15) is 0 Å². The van der Waals surface area contributed by atoms with Crippen LogP contribution in [0.25, 0.3) is 11.5 Å². The summed E-state index contributed by atoms with van der Waals surface area (Å²) in [5, 5.41) is 8.66. The van der Waals surface area contributed by atoms with E-state index in [1.54, 1.807) is 0 Å². The number of hydrogen-bond donors (Lipinski definition) is 0. The molecule has 0 unspecified atom stereocenters. The minimum atomic E-state index is 0.521. The van der Waals surface area contributed by atoms with Crippen LogP contribution in [0.2, 0.25) is 0 Å². The van der Waals surface area contributed by atoms with E-state index in [9.17, 15) is 0 Å². The van der Waals surface area contributed by atoms with Crippen molar-refractivity contribution < 1.29 is 9.15 Å². The van der Waals surface area contributed by atoms with Gasteiger partial charge in [0.25, 0.3) is 5.22 Å². The number of halogens is 1. The Hall–Kier alpha value is -1.79. The molecule has 0 spiro atoms. The SMILES string of the molecule is Brc1cccc(-c2nnc(SCCOc3ccccc3)o2)c1. The lowest BCUT2D eigenvalue weighted by Gasteiger charge is -2.03. The Labute approximate surface area is 141 Å². The zero-order valence-corrected chi connectivity index (χ0v) is 14.0. The van der Waals surface area contributed by atoms with Crippen LogP contribution in [0.4, 0.5) is 0 Å². The maximum atomic E-state index is 5.64. The highest BCUT2D eigenvalue weighted by Gasteiger charge is 2.09. The highest BCUT2D eigenvalue weighted by Crippen LogP contribution is 2.25. The average molecular weight is 377 g/mol. The fourth-order valence-corrected chi connectivity index (χ4v) is 2.79. The molecule has 1 heterocycles. The Morgan fingerprint density at radius 1 is 1.05 bits per heavy atom. The molecular formula is C16H13BrN2O2S. The molecule has 0 aliphatic heterocycles. The summed E-state index contributed by atoms with van der Waals surface area (Å²) < 4.78 is 12.2. The van der Waals surface area contributed by atoms with Crippen molar-refractivity contribution in [1.82, 2.24) is 10.2 Å².